The van der Waals surface area contributed by atoms with Gasteiger partial charge in [-0.05, 0) is 25.7 Å². The van der Waals surface area contributed by atoms with Gasteiger partial charge in [0.2, 0.25) is 11.6 Å². The number of hydrogen-bond acceptors (Lipinski definition) is 8. The standard InChI is InChI=1S/C26H39NO8/c1-2-3-7-10-17-20(13-19(29)18(28)11-8-5-4-6-9-12-24(32)33)35-26(34)16-25(17)21(14-22(26)30)27-15-23(25)31/h3,7,14,17-18,20,23,27-28,31,34H,2,4-6,8-13,15-16H2,1H3,(H,32,33)/b7-3-/t17-,18-,20+,23+,25?,26+/m1/s1. The van der Waals surface area contributed by atoms with Gasteiger partial charge < -0.3 is 30.5 Å². The molecule has 35 heavy (non-hydrogen) atoms. The molecular formula is C26H39NO8. The molecule has 2 heterocycles. The van der Waals surface area contributed by atoms with Crippen molar-refractivity contribution in [1.29, 1.82) is 0 Å². The second-order valence-electron chi connectivity index (χ2n) is 10.1. The first-order valence-electron chi connectivity index (χ1n) is 12.8. The number of rotatable bonds is 14. The van der Waals surface area contributed by atoms with E-state index >= 15 is 0 Å². The largest absolute Gasteiger partial charge is 0.481 e. The minimum absolute atomic E-state index is 0.0708. The molecule has 5 N–H and O–H groups in total. The lowest BCUT2D eigenvalue weighted by molar-refractivity contribution is -0.286. The number of unbranched alkanes of at least 4 members (excludes halogenated alkanes) is 4. The fourth-order valence-corrected chi connectivity index (χ4v) is 5.80. The van der Waals surface area contributed by atoms with Crippen molar-refractivity contribution in [3.63, 3.8) is 0 Å². The zero-order chi connectivity index (χ0) is 25.6. The van der Waals surface area contributed by atoms with E-state index in [9.17, 15) is 29.7 Å². The average Bonchev–Trinajstić information content (AvgIpc) is 3.10. The van der Waals surface area contributed by atoms with Crippen LogP contribution in [0.5, 0.6) is 0 Å². The highest BCUT2D eigenvalue weighted by atomic mass is 16.6. The maximum atomic E-state index is 12.9. The number of carbonyl (C=O) groups excluding carboxylic acids is 2. The van der Waals surface area contributed by atoms with Gasteiger partial charge in [0, 0.05) is 48.9 Å². The van der Waals surface area contributed by atoms with Crippen LogP contribution in [0.1, 0.15) is 77.6 Å². The summed E-state index contributed by atoms with van der Waals surface area (Å²) >= 11 is 0. The van der Waals surface area contributed by atoms with Crippen molar-refractivity contribution in [2.24, 2.45) is 11.3 Å². The lowest BCUT2D eigenvalue weighted by Gasteiger charge is -2.54. The predicted molar refractivity (Wildman–Crippen MR) is 127 cm³/mol. The van der Waals surface area contributed by atoms with Crippen LogP contribution in [0.15, 0.2) is 23.9 Å². The number of fused-ring (bicyclic) bond motifs is 1. The number of ether oxygens (including phenoxy) is 1. The second-order valence-corrected chi connectivity index (χ2v) is 10.1. The Hall–Kier alpha value is -2.07. The van der Waals surface area contributed by atoms with E-state index in [-0.39, 0.29) is 38.1 Å². The normalized spacial score (nSPS) is 32.7. The molecule has 0 radical (unpaired) electrons. The van der Waals surface area contributed by atoms with E-state index in [1.807, 2.05) is 19.1 Å². The number of carbonyl (C=O) groups is 3. The van der Waals surface area contributed by atoms with Crippen LogP contribution >= 0.6 is 0 Å². The Morgan fingerprint density at radius 2 is 1.94 bits per heavy atom. The van der Waals surface area contributed by atoms with Crippen LogP contribution < -0.4 is 5.32 Å². The summed E-state index contributed by atoms with van der Waals surface area (Å²) in [6.45, 7) is 2.25. The number of ketones is 2. The molecule has 0 aromatic carbocycles. The van der Waals surface area contributed by atoms with Crippen LogP contribution in [0.3, 0.4) is 0 Å². The van der Waals surface area contributed by atoms with Crippen molar-refractivity contribution in [2.45, 2.75) is 102 Å². The van der Waals surface area contributed by atoms with Gasteiger partial charge in [-0.2, -0.15) is 0 Å². The number of aliphatic carboxylic acids is 1. The number of aliphatic hydroxyl groups excluding tert-OH is 2. The van der Waals surface area contributed by atoms with Crippen molar-refractivity contribution >= 4 is 17.5 Å². The Morgan fingerprint density at radius 1 is 1.23 bits per heavy atom. The molecule has 9 heteroatoms. The summed E-state index contributed by atoms with van der Waals surface area (Å²) in [7, 11) is 0. The zero-order valence-electron chi connectivity index (χ0n) is 20.4. The maximum absolute atomic E-state index is 12.9. The minimum Gasteiger partial charge on any atom is -0.481 e. The fourth-order valence-electron chi connectivity index (χ4n) is 5.80. The van der Waals surface area contributed by atoms with Crippen LogP contribution in [-0.4, -0.2) is 68.6 Å². The van der Waals surface area contributed by atoms with E-state index in [0.717, 1.165) is 25.7 Å². The molecule has 6 atom stereocenters. The molecule has 0 aromatic rings. The highest BCUT2D eigenvalue weighted by Gasteiger charge is 2.66. The highest BCUT2D eigenvalue weighted by Crippen LogP contribution is 2.57. The maximum Gasteiger partial charge on any atom is 0.303 e. The Kier molecular flexibility index (Phi) is 9.26. The Bertz CT molecular complexity index is 854. The molecule has 2 saturated heterocycles. The molecule has 0 amide bonds. The summed E-state index contributed by atoms with van der Waals surface area (Å²) < 4.78 is 5.87. The molecule has 1 aliphatic carbocycles. The smallest absolute Gasteiger partial charge is 0.303 e. The van der Waals surface area contributed by atoms with Gasteiger partial charge in [-0.25, -0.2) is 0 Å². The Balaban J connectivity index is 1.66. The van der Waals surface area contributed by atoms with E-state index in [2.05, 4.69) is 5.32 Å². The van der Waals surface area contributed by atoms with Gasteiger partial charge in [-0.3, -0.25) is 14.4 Å². The van der Waals surface area contributed by atoms with Crippen LogP contribution in [0.2, 0.25) is 0 Å². The second kappa shape index (κ2) is 11.8. The molecular weight excluding hydrogens is 454 g/mol. The first kappa shape index (κ1) is 27.5. The van der Waals surface area contributed by atoms with Gasteiger partial charge >= 0.3 is 5.97 Å². The number of carboxylic acids is 1. The third-order valence-corrected chi connectivity index (χ3v) is 7.67. The van der Waals surface area contributed by atoms with Crippen LogP contribution in [0, 0.1) is 11.3 Å². The molecule has 1 unspecified atom stereocenters. The molecule has 2 fully saturated rings. The first-order chi connectivity index (χ1) is 16.6. The molecule has 2 aliphatic heterocycles. The SMILES string of the molecule is CC/C=C\C[C@@H]1[C@H](CC(=O)[C@H](O)CCCCCCCC(=O)O)O[C@@]2(O)CC13C(=CC2=O)NC[C@@H]3O. The number of allylic oxidation sites excluding steroid dienone is 2. The number of β-amino-alcohol motifs (C(OH)–C–C–N with tert-alkyl or cyclic N) is 1. The average molecular weight is 494 g/mol. The fraction of sp³-hybridized carbons (Fsp3) is 0.731. The molecule has 196 valence electrons. The van der Waals surface area contributed by atoms with E-state index in [0.29, 0.717) is 25.0 Å². The van der Waals surface area contributed by atoms with E-state index in [4.69, 9.17) is 9.84 Å². The van der Waals surface area contributed by atoms with Gasteiger partial charge in [0.05, 0.1) is 12.2 Å². The molecule has 0 aromatic heterocycles. The monoisotopic (exact) mass is 493 g/mol. The van der Waals surface area contributed by atoms with E-state index < -0.39 is 47.0 Å². The number of nitrogens with one attached hydrogen (secondary N) is 1. The third-order valence-electron chi connectivity index (χ3n) is 7.67. The third kappa shape index (κ3) is 6.02. The van der Waals surface area contributed by atoms with Crippen molar-refractivity contribution < 1.29 is 39.5 Å². The topological polar surface area (TPSA) is 153 Å². The Morgan fingerprint density at radius 3 is 2.66 bits per heavy atom. The number of aliphatic hydroxyl groups is 3. The molecule has 3 rings (SSSR count). The molecule has 3 aliphatic rings. The van der Waals surface area contributed by atoms with Crippen molar-refractivity contribution in [3.8, 4) is 0 Å². The van der Waals surface area contributed by atoms with Crippen molar-refractivity contribution in [2.75, 3.05) is 6.54 Å². The van der Waals surface area contributed by atoms with Gasteiger partial charge in [-0.15, -0.1) is 0 Å². The lowest BCUT2D eigenvalue weighted by Crippen LogP contribution is -2.63. The summed E-state index contributed by atoms with van der Waals surface area (Å²) in [5.74, 6) is -4.29. The van der Waals surface area contributed by atoms with Crippen molar-refractivity contribution in [3.05, 3.63) is 23.9 Å². The molecule has 1 spiro atoms. The Labute approximate surface area is 206 Å². The summed E-state index contributed by atoms with van der Waals surface area (Å²) in [6, 6.07) is 0. The van der Waals surface area contributed by atoms with Gasteiger partial charge in [0.1, 0.15) is 6.10 Å². The molecule has 9 nitrogen and oxygen atoms in total. The van der Waals surface area contributed by atoms with Gasteiger partial charge in [0.25, 0.3) is 0 Å². The quantitative estimate of drug-likeness (QED) is 0.181. The summed E-state index contributed by atoms with van der Waals surface area (Å²) in [5.41, 5.74) is -0.344. The predicted octanol–water partition coefficient (Wildman–Crippen LogP) is 1.99. The van der Waals surface area contributed by atoms with Crippen molar-refractivity contribution in [1.82, 2.24) is 5.32 Å². The summed E-state index contributed by atoms with van der Waals surface area (Å²) in [5, 5.41) is 44.3. The van der Waals surface area contributed by atoms with Crippen LogP contribution in [-0.2, 0) is 19.1 Å². The minimum atomic E-state index is -2.10. The lowest BCUT2D eigenvalue weighted by atomic mass is 9.58. The van der Waals surface area contributed by atoms with Crippen LogP contribution in [0.25, 0.3) is 0 Å². The van der Waals surface area contributed by atoms with E-state index in [1.165, 1.54) is 6.08 Å². The zero-order valence-corrected chi connectivity index (χ0v) is 20.4. The number of carboxylic acid groups (broad SMARTS) is 1. The number of hydrogen-bond donors (Lipinski definition) is 5. The molecule has 0 saturated carbocycles. The number of Topliss-reactive ketones (excluding diaryl/α,β-unsaturated/α-hetero) is 1. The van der Waals surface area contributed by atoms with E-state index in [1.54, 1.807) is 0 Å². The first-order valence-corrected chi connectivity index (χ1v) is 12.8. The van der Waals surface area contributed by atoms with Gasteiger partial charge in [-0.1, -0.05) is 44.8 Å². The highest BCUT2D eigenvalue weighted by molar-refractivity contribution is 5.98. The molecule has 2 bridgehead atoms. The summed E-state index contributed by atoms with van der Waals surface area (Å²) in [4.78, 5) is 36.1. The van der Waals surface area contributed by atoms with Crippen LogP contribution in [0.4, 0.5) is 0 Å². The van der Waals surface area contributed by atoms with Gasteiger partial charge in [0.15, 0.2) is 5.78 Å². The summed E-state index contributed by atoms with van der Waals surface area (Å²) in [6.07, 6.45) is 7.61.